The molecule has 6 nitrogen and oxygen atoms in total. The minimum atomic E-state index is -0.907. The zero-order valence-electron chi connectivity index (χ0n) is 18.6. The number of esters is 1. The molecule has 0 aliphatic heterocycles. The van der Waals surface area contributed by atoms with Gasteiger partial charge in [-0.3, -0.25) is 9.59 Å². The second-order valence-electron chi connectivity index (χ2n) is 9.34. The SMILES string of the molecule is CC[C@@H]1CCc2c(sc(NC(=O)[C@@H]3[C@H](C(=O)O)[C@H]4CC[C@H]3C4=C(C)C)c2C(=O)OC)C1. The Kier molecular flexibility index (Phi) is 5.99. The summed E-state index contributed by atoms with van der Waals surface area (Å²) < 4.78 is 5.03. The Bertz CT molecular complexity index is 957. The van der Waals surface area contributed by atoms with Crippen molar-refractivity contribution in [3.05, 3.63) is 27.2 Å². The van der Waals surface area contributed by atoms with E-state index in [0.29, 0.717) is 16.5 Å². The van der Waals surface area contributed by atoms with Crippen molar-refractivity contribution in [2.24, 2.45) is 29.6 Å². The van der Waals surface area contributed by atoms with E-state index < -0.39 is 23.8 Å². The van der Waals surface area contributed by atoms with Crippen molar-refractivity contribution in [1.29, 1.82) is 0 Å². The summed E-state index contributed by atoms with van der Waals surface area (Å²) >= 11 is 1.46. The van der Waals surface area contributed by atoms with Crippen LogP contribution in [0.25, 0.3) is 0 Å². The molecule has 1 amide bonds. The predicted molar refractivity (Wildman–Crippen MR) is 119 cm³/mol. The van der Waals surface area contributed by atoms with Gasteiger partial charge in [-0.25, -0.2) is 4.79 Å². The molecule has 7 heteroatoms. The predicted octanol–water partition coefficient (Wildman–Crippen LogP) is 4.68. The number of rotatable bonds is 5. The average molecular weight is 446 g/mol. The topological polar surface area (TPSA) is 92.7 Å². The zero-order valence-corrected chi connectivity index (χ0v) is 19.4. The van der Waals surface area contributed by atoms with Crippen LogP contribution in [0.2, 0.25) is 0 Å². The molecule has 2 bridgehead atoms. The highest BCUT2D eigenvalue weighted by molar-refractivity contribution is 7.17. The molecular weight excluding hydrogens is 414 g/mol. The van der Waals surface area contributed by atoms with E-state index in [0.717, 1.165) is 60.1 Å². The van der Waals surface area contributed by atoms with Crippen LogP contribution in [0.3, 0.4) is 0 Å². The molecule has 31 heavy (non-hydrogen) atoms. The zero-order chi connectivity index (χ0) is 22.4. The highest BCUT2D eigenvalue weighted by Gasteiger charge is 2.57. The first kappa shape index (κ1) is 22.1. The van der Waals surface area contributed by atoms with Crippen molar-refractivity contribution < 1.29 is 24.2 Å². The Morgan fingerprint density at radius 1 is 1.13 bits per heavy atom. The monoisotopic (exact) mass is 445 g/mol. The molecule has 1 aromatic heterocycles. The number of nitrogens with one attached hydrogen (secondary N) is 1. The summed E-state index contributed by atoms with van der Waals surface area (Å²) in [6.45, 7) is 6.19. The van der Waals surface area contributed by atoms with Crippen LogP contribution in [-0.2, 0) is 27.2 Å². The maximum absolute atomic E-state index is 13.4. The Hall–Kier alpha value is -2.15. The van der Waals surface area contributed by atoms with E-state index in [1.807, 2.05) is 13.8 Å². The van der Waals surface area contributed by atoms with E-state index in [9.17, 15) is 19.5 Å². The van der Waals surface area contributed by atoms with Crippen molar-refractivity contribution in [2.75, 3.05) is 12.4 Å². The van der Waals surface area contributed by atoms with Gasteiger partial charge < -0.3 is 15.2 Å². The normalized spacial score (nSPS) is 28.9. The molecule has 0 saturated heterocycles. The summed E-state index contributed by atoms with van der Waals surface area (Å²) in [6.07, 6.45) is 5.49. The maximum Gasteiger partial charge on any atom is 0.341 e. The van der Waals surface area contributed by atoms with Gasteiger partial charge >= 0.3 is 11.9 Å². The summed E-state index contributed by atoms with van der Waals surface area (Å²) in [6, 6.07) is 0. The van der Waals surface area contributed by atoms with Gasteiger partial charge in [0.2, 0.25) is 5.91 Å². The van der Waals surface area contributed by atoms with Crippen molar-refractivity contribution in [1.82, 2.24) is 0 Å². The van der Waals surface area contributed by atoms with Crippen molar-refractivity contribution in [2.45, 2.75) is 59.3 Å². The number of hydrogen-bond donors (Lipinski definition) is 2. The first-order chi connectivity index (χ1) is 14.8. The Morgan fingerprint density at radius 2 is 1.81 bits per heavy atom. The second-order valence-corrected chi connectivity index (χ2v) is 10.4. The number of carbonyl (C=O) groups is 3. The fourth-order valence-corrected chi connectivity index (χ4v) is 7.56. The van der Waals surface area contributed by atoms with Gasteiger partial charge in [0.15, 0.2) is 0 Å². The Balaban J connectivity index is 1.67. The van der Waals surface area contributed by atoms with Gasteiger partial charge in [-0.15, -0.1) is 11.3 Å². The molecule has 2 fully saturated rings. The molecule has 0 spiro atoms. The second kappa shape index (κ2) is 8.41. The summed E-state index contributed by atoms with van der Waals surface area (Å²) in [4.78, 5) is 39.3. The maximum atomic E-state index is 13.4. The number of aliphatic carboxylic acids is 1. The van der Waals surface area contributed by atoms with E-state index in [-0.39, 0.29) is 17.7 Å². The fourth-order valence-electron chi connectivity index (χ4n) is 6.21. The lowest BCUT2D eigenvalue weighted by atomic mass is 9.78. The molecule has 2 saturated carbocycles. The van der Waals surface area contributed by atoms with E-state index in [1.165, 1.54) is 18.4 Å². The third-order valence-electron chi connectivity index (χ3n) is 7.58. The van der Waals surface area contributed by atoms with Crippen LogP contribution in [0.4, 0.5) is 5.00 Å². The van der Waals surface area contributed by atoms with E-state index in [2.05, 4.69) is 12.2 Å². The number of methoxy groups -OCH3 is 1. The molecule has 0 unspecified atom stereocenters. The van der Waals surface area contributed by atoms with E-state index in [1.54, 1.807) is 0 Å². The fraction of sp³-hybridized carbons (Fsp3) is 0.625. The molecule has 3 aliphatic rings. The first-order valence-electron chi connectivity index (χ1n) is 11.2. The molecule has 1 heterocycles. The standard InChI is InChI=1S/C24H31NO5S/c1-5-12-6-7-13-16(10-12)31-22(20(13)24(29)30-4)25-21(26)18-14-8-9-15(17(14)11(2)3)19(18)23(27)28/h12,14-15,18-19H,5-10H2,1-4H3,(H,25,26)(H,27,28)/t12-,14+,15+,18+,19-/m1/s1. The molecule has 5 atom stereocenters. The van der Waals surface area contributed by atoms with Gasteiger partial charge in [-0.2, -0.15) is 0 Å². The summed E-state index contributed by atoms with van der Waals surface area (Å²) in [7, 11) is 1.35. The summed E-state index contributed by atoms with van der Waals surface area (Å²) in [5.41, 5.74) is 3.73. The minimum absolute atomic E-state index is 0.0308. The average Bonchev–Trinajstić information content (AvgIpc) is 3.41. The number of carboxylic acids is 1. The molecule has 4 rings (SSSR count). The number of fused-ring (bicyclic) bond motifs is 3. The molecule has 0 aromatic carbocycles. The van der Waals surface area contributed by atoms with E-state index >= 15 is 0 Å². The van der Waals surface area contributed by atoms with Gasteiger partial charge in [0.05, 0.1) is 24.5 Å². The van der Waals surface area contributed by atoms with Crippen LogP contribution < -0.4 is 5.32 Å². The highest BCUT2D eigenvalue weighted by Crippen LogP contribution is 2.57. The van der Waals surface area contributed by atoms with Crippen molar-refractivity contribution >= 4 is 34.2 Å². The van der Waals surface area contributed by atoms with Crippen LogP contribution in [0.1, 0.15) is 67.3 Å². The molecular formula is C24H31NO5S. The van der Waals surface area contributed by atoms with Crippen molar-refractivity contribution in [3.8, 4) is 0 Å². The molecule has 2 N–H and O–H groups in total. The lowest BCUT2D eigenvalue weighted by Gasteiger charge is -2.26. The van der Waals surface area contributed by atoms with Gasteiger partial charge in [0.1, 0.15) is 5.00 Å². The summed E-state index contributed by atoms with van der Waals surface area (Å²) in [5.74, 6) is -2.44. The number of anilines is 1. The lowest BCUT2D eigenvalue weighted by Crippen LogP contribution is -2.38. The smallest absolute Gasteiger partial charge is 0.341 e. The third-order valence-corrected chi connectivity index (χ3v) is 8.75. The van der Waals surface area contributed by atoms with Gasteiger partial charge in [-0.05, 0) is 69.3 Å². The van der Waals surface area contributed by atoms with Crippen LogP contribution in [0.5, 0.6) is 0 Å². The quantitative estimate of drug-likeness (QED) is 0.507. The third kappa shape index (κ3) is 3.60. The van der Waals surface area contributed by atoms with Crippen molar-refractivity contribution in [3.63, 3.8) is 0 Å². The lowest BCUT2D eigenvalue weighted by molar-refractivity contribution is -0.148. The number of carbonyl (C=O) groups excluding carboxylic acids is 2. The first-order valence-corrected chi connectivity index (χ1v) is 12.0. The number of thiophene rings is 1. The van der Waals surface area contributed by atoms with Gasteiger partial charge in [0.25, 0.3) is 0 Å². The Labute approximate surface area is 187 Å². The van der Waals surface area contributed by atoms with Crippen LogP contribution in [-0.4, -0.2) is 30.1 Å². The molecule has 168 valence electrons. The molecule has 0 radical (unpaired) electrons. The molecule has 1 aromatic rings. The number of ether oxygens (including phenoxy) is 1. The van der Waals surface area contributed by atoms with Crippen LogP contribution in [0.15, 0.2) is 11.1 Å². The van der Waals surface area contributed by atoms with Gasteiger partial charge in [0, 0.05) is 4.88 Å². The van der Waals surface area contributed by atoms with Crippen LogP contribution in [0, 0.1) is 29.6 Å². The number of hydrogen-bond acceptors (Lipinski definition) is 5. The molecule has 3 aliphatic carbocycles. The minimum Gasteiger partial charge on any atom is -0.481 e. The largest absolute Gasteiger partial charge is 0.481 e. The number of carboxylic acid groups (broad SMARTS) is 1. The Morgan fingerprint density at radius 3 is 2.39 bits per heavy atom. The summed E-state index contributed by atoms with van der Waals surface area (Å²) in [5, 5.41) is 13.4. The van der Waals surface area contributed by atoms with Gasteiger partial charge in [-0.1, -0.05) is 24.5 Å². The highest BCUT2D eigenvalue weighted by atomic mass is 32.1. The van der Waals surface area contributed by atoms with E-state index in [4.69, 9.17) is 4.74 Å². The number of allylic oxidation sites excluding steroid dienone is 2. The van der Waals surface area contributed by atoms with Crippen LogP contribution >= 0.6 is 11.3 Å². The number of amides is 1.